The van der Waals surface area contributed by atoms with E-state index in [1.807, 2.05) is 42.4 Å². The highest BCUT2D eigenvalue weighted by atomic mass is 16.2. The van der Waals surface area contributed by atoms with Crippen LogP contribution in [0, 0.1) is 0 Å². The van der Waals surface area contributed by atoms with Crippen molar-refractivity contribution in [3.63, 3.8) is 0 Å². The zero-order valence-electron chi connectivity index (χ0n) is 14.5. The molecule has 1 aliphatic rings. The summed E-state index contributed by atoms with van der Waals surface area (Å²) in [5, 5.41) is 8.20. The molecule has 0 saturated carbocycles. The first-order valence-electron chi connectivity index (χ1n) is 8.42. The predicted octanol–water partition coefficient (Wildman–Crippen LogP) is 1.78. The van der Waals surface area contributed by atoms with E-state index in [-0.39, 0.29) is 11.9 Å². The molecule has 0 aromatic carbocycles. The van der Waals surface area contributed by atoms with Crippen LogP contribution in [0.25, 0.3) is 0 Å². The first-order valence-corrected chi connectivity index (χ1v) is 8.42. The van der Waals surface area contributed by atoms with Gasteiger partial charge in [0.25, 0.3) is 5.91 Å². The summed E-state index contributed by atoms with van der Waals surface area (Å²) >= 11 is 0. The largest absolute Gasteiger partial charge is 0.361 e. The maximum absolute atomic E-state index is 12.7. The minimum absolute atomic E-state index is 0.0457. The van der Waals surface area contributed by atoms with Crippen LogP contribution in [0.2, 0.25) is 0 Å². The zero-order chi connectivity index (χ0) is 17.1. The Balaban J connectivity index is 1.73. The third-order valence-corrected chi connectivity index (χ3v) is 4.47. The second kappa shape index (κ2) is 6.98. The summed E-state index contributed by atoms with van der Waals surface area (Å²) in [6.45, 7) is 3.56. The molecule has 0 unspecified atom stereocenters. The van der Waals surface area contributed by atoms with Crippen LogP contribution in [0.3, 0.4) is 0 Å². The van der Waals surface area contributed by atoms with Gasteiger partial charge in [-0.15, -0.1) is 10.2 Å². The van der Waals surface area contributed by atoms with Crippen LogP contribution in [-0.4, -0.2) is 57.7 Å². The Labute approximate surface area is 142 Å². The summed E-state index contributed by atoms with van der Waals surface area (Å²) < 4.78 is 2.21. The van der Waals surface area contributed by atoms with E-state index in [1.165, 1.54) is 0 Å². The molecule has 3 heterocycles. The van der Waals surface area contributed by atoms with Crippen LogP contribution in [-0.2, 0) is 6.42 Å². The number of hydrogen-bond donors (Lipinski definition) is 0. The highest BCUT2D eigenvalue weighted by molar-refractivity contribution is 5.92. The van der Waals surface area contributed by atoms with Gasteiger partial charge < -0.3 is 14.4 Å². The van der Waals surface area contributed by atoms with E-state index >= 15 is 0 Å². The number of carbonyl (C=O) groups is 1. The molecule has 24 heavy (non-hydrogen) atoms. The molecule has 0 bridgehead atoms. The van der Waals surface area contributed by atoms with Crippen LogP contribution in [0.1, 0.15) is 42.1 Å². The van der Waals surface area contributed by atoms with Gasteiger partial charge in [-0.3, -0.25) is 4.79 Å². The number of aromatic nitrogens is 4. The van der Waals surface area contributed by atoms with E-state index in [0.717, 1.165) is 37.4 Å². The molecule has 1 aliphatic heterocycles. The van der Waals surface area contributed by atoms with Crippen LogP contribution in [0.15, 0.2) is 24.5 Å². The lowest BCUT2D eigenvalue weighted by Gasteiger charge is -2.33. The van der Waals surface area contributed by atoms with Crippen molar-refractivity contribution in [3.8, 4) is 0 Å². The number of rotatable bonds is 4. The Morgan fingerprint density at radius 1 is 1.33 bits per heavy atom. The molecule has 0 radical (unpaired) electrons. The van der Waals surface area contributed by atoms with Gasteiger partial charge in [0.15, 0.2) is 11.5 Å². The zero-order valence-corrected chi connectivity index (χ0v) is 14.5. The molecule has 2 aromatic rings. The number of piperidine rings is 1. The third kappa shape index (κ3) is 3.25. The minimum atomic E-state index is -0.0457. The fourth-order valence-electron chi connectivity index (χ4n) is 3.16. The van der Waals surface area contributed by atoms with Crippen LogP contribution in [0.5, 0.6) is 0 Å². The van der Waals surface area contributed by atoms with Gasteiger partial charge in [-0.25, -0.2) is 4.98 Å². The Morgan fingerprint density at radius 2 is 2.17 bits per heavy atom. The summed E-state index contributed by atoms with van der Waals surface area (Å²) in [4.78, 5) is 20.9. The first kappa shape index (κ1) is 16.4. The van der Waals surface area contributed by atoms with Gasteiger partial charge in [0.05, 0.1) is 6.04 Å². The monoisotopic (exact) mass is 328 g/mol. The number of nitrogens with zero attached hydrogens (tertiary/aromatic N) is 6. The van der Waals surface area contributed by atoms with Gasteiger partial charge in [-0.2, -0.15) is 0 Å². The lowest BCUT2D eigenvalue weighted by molar-refractivity contribution is 0.0671. The van der Waals surface area contributed by atoms with Crippen molar-refractivity contribution in [2.45, 2.75) is 32.2 Å². The normalized spacial score (nSPS) is 17.8. The standard InChI is InChI=1S/C17H24N6O/c1-4-15-18-9-11-23(15)13-6-5-10-22(12-13)17(24)14-7-8-16(20-19-14)21(2)3/h7-9,11,13H,4-6,10,12H2,1-3H3/t13-/m1/s1. The lowest BCUT2D eigenvalue weighted by Crippen LogP contribution is -2.41. The molecule has 1 fully saturated rings. The summed E-state index contributed by atoms with van der Waals surface area (Å²) in [6, 6.07) is 3.87. The van der Waals surface area contributed by atoms with Gasteiger partial charge in [0.2, 0.25) is 0 Å². The Hall–Kier alpha value is -2.44. The molecular formula is C17H24N6O. The number of likely N-dealkylation sites (tertiary alicyclic amines) is 1. The second-order valence-electron chi connectivity index (χ2n) is 6.32. The van der Waals surface area contributed by atoms with Gasteiger partial charge in [-0.05, 0) is 25.0 Å². The lowest BCUT2D eigenvalue weighted by atomic mass is 10.0. The van der Waals surface area contributed by atoms with Crippen molar-refractivity contribution in [2.75, 3.05) is 32.1 Å². The van der Waals surface area contributed by atoms with E-state index in [2.05, 4.69) is 26.7 Å². The maximum Gasteiger partial charge on any atom is 0.274 e. The average Bonchev–Trinajstić information content (AvgIpc) is 3.10. The van der Waals surface area contributed by atoms with Gasteiger partial charge >= 0.3 is 0 Å². The molecule has 0 N–H and O–H groups in total. The van der Waals surface area contributed by atoms with Crippen molar-refractivity contribution >= 4 is 11.7 Å². The molecule has 0 aliphatic carbocycles. The first-order chi connectivity index (χ1) is 11.6. The van der Waals surface area contributed by atoms with E-state index in [0.29, 0.717) is 12.2 Å². The molecular weight excluding hydrogens is 304 g/mol. The number of aryl methyl sites for hydroxylation is 1. The predicted molar refractivity (Wildman–Crippen MR) is 92.1 cm³/mol. The van der Waals surface area contributed by atoms with Gasteiger partial charge in [0, 0.05) is 46.0 Å². The van der Waals surface area contributed by atoms with E-state index < -0.39 is 0 Å². The summed E-state index contributed by atoms with van der Waals surface area (Å²) in [5.74, 6) is 1.77. The van der Waals surface area contributed by atoms with E-state index in [4.69, 9.17) is 0 Å². The molecule has 1 saturated heterocycles. The number of amides is 1. The molecule has 1 amide bonds. The summed E-state index contributed by atoms with van der Waals surface area (Å²) in [7, 11) is 3.80. The highest BCUT2D eigenvalue weighted by Crippen LogP contribution is 2.24. The highest BCUT2D eigenvalue weighted by Gasteiger charge is 2.27. The van der Waals surface area contributed by atoms with Crippen molar-refractivity contribution in [1.82, 2.24) is 24.6 Å². The summed E-state index contributed by atoms with van der Waals surface area (Å²) in [5.41, 5.74) is 0.405. The Bertz CT molecular complexity index is 693. The molecule has 2 aromatic heterocycles. The van der Waals surface area contributed by atoms with Gasteiger partial charge in [0.1, 0.15) is 5.82 Å². The number of hydrogen-bond acceptors (Lipinski definition) is 5. The SMILES string of the molecule is CCc1nccn1[C@@H]1CCCN(C(=O)c2ccc(N(C)C)nn2)C1. The molecule has 1 atom stereocenters. The average molecular weight is 328 g/mol. The molecule has 128 valence electrons. The fraction of sp³-hybridized carbons (Fsp3) is 0.529. The summed E-state index contributed by atoms with van der Waals surface area (Å²) in [6.07, 6.45) is 6.81. The van der Waals surface area contributed by atoms with Crippen molar-refractivity contribution in [1.29, 1.82) is 0 Å². The van der Waals surface area contributed by atoms with Crippen LogP contribution >= 0.6 is 0 Å². The van der Waals surface area contributed by atoms with Crippen LogP contribution < -0.4 is 4.90 Å². The Morgan fingerprint density at radius 3 is 2.83 bits per heavy atom. The van der Waals surface area contributed by atoms with E-state index in [1.54, 1.807) is 6.07 Å². The smallest absolute Gasteiger partial charge is 0.274 e. The van der Waals surface area contributed by atoms with Gasteiger partial charge in [-0.1, -0.05) is 6.92 Å². The number of imidazole rings is 1. The number of carbonyl (C=O) groups excluding carboxylic acids is 1. The topological polar surface area (TPSA) is 67.2 Å². The Kier molecular flexibility index (Phi) is 4.78. The molecule has 0 spiro atoms. The van der Waals surface area contributed by atoms with Crippen molar-refractivity contribution in [3.05, 3.63) is 36.0 Å². The van der Waals surface area contributed by atoms with E-state index in [9.17, 15) is 4.79 Å². The maximum atomic E-state index is 12.7. The quantitative estimate of drug-likeness (QED) is 0.856. The second-order valence-corrected chi connectivity index (χ2v) is 6.32. The third-order valence-electron chi connectivity index (χ3n) is 4.47. The fourth-order valence-corrected chi connectivity index (χ4v) is 3.16. The molecule has 7 nitrogen and oxygen atoms in total. The molecule has 3 rings (SSSR count). The molecule has 7 heteroatoms. The van der Waals surface area contributed by atoms with Crippen molar-refractivity contribution in [2.24, 2.45) is 0 Å². The van der Waals surface area contributed by atoms with Crippen LogP contribution in [0.4, 0.5) is 5.82 Å². The van der Waals surface area contributed by atoms with Crippen molar-refractivity contribution < 1.29 is 4.79 Å². The minimum Gasteiger partial charge on any atom is -0.361 e. The number of anilines is 1.